The highest BCUT2D eigenvalue weighted by atomic mass is 35.5. The van der Waals surface area contributed by atoms with Gasteiger partial charge in [0.1, 0.15) is 0 Å². The highest BCUT2D eigenvalue weighted by Gasteiger charge is 2.49. The van der Waals surface area contributed by atoms with Crippen molar-refractivity contribution in [2.75, 3.05) is 7.05 Å². The van der Waals surface area contributed by atoms with Crippen LogP contribution < -0.4 is 0 Å². The summed E-state index contributed by atoms with van der Waals surface area (Å²) in [4.78, 5) is 11.3. The summed E-state index contributed by atoms with van der Waals surface area (Å²) in [6.45, 7) is 0. The van der Waals surface area contributed by atoms with E-state index in [0.29, 0.717) is 33.8 Å². The van der Waals surface area contributed by atoms with Crippen LogP contribution in [0.15, 0.2) is 47.2 Å². The molecule has 28 heavy (non-hydrogen) atoms. The van der Waals surface area contributed by atoms with Crippen LogP contribution in [-0.4, -0.2) is 39.2 Å². The molecular formula is C21H20Cl2N4O. The molecule has 2 aliphatic heterocycles. The number of pyridine rings is 1. The van der Waals surface area contributed by atoms with Crippen LogP contribution in [0.4, 0.5) is 0 Å². The molecule has 0 unspecified atom stereocenters. The Kier molecular flexibility index (Phi) is 4.62. The molecule has 2 saturated heterocycles. The second-order valence-corrected chi connectivity index (χ2v) is 8.51. The van der Waals surface area contributed by atoms with Crippen molar-refractivity contribution in [2.45, 2.75) is 43.2 Å². The number of hydrogen-bond donors (Lipinski definition) is 0. The van der Waals surface area contributed by atoms with Crippen molar-refractivity contribution < 1.29 is 4.52 Å². The minimum absolute atomic E-state index is 0.129. The molecule has 2 aromatic heterocycles. The normalized spacial score (nSPS) is 27.2. The summed E-state index contributed by atoms with van der Waals surface area (Å²) < 4.78 is 5.80. The van der Waals surface area contributed by atoms with E-state index in [1.807, 2.05) is 24.3 Å². The van der Waals surface area contributed by atoms with E-state index in [9.17, 15) is 0 Å². The van der Waals surface area contributed by atoms with Crippen LogP contribution >= 0.6 is 23.2 Å². The Morgan fingerprint density at radius 1 is 1.07 bits per heavy atom. The summed E-state index contributed by atoms with van der Waals surface area (Å²) >= 11 is 12.5. The van der Waals surface area contributed by atoms with Crippen LogP contribution in [0.3, 0.4) is 0 Å². The zero-order chi connectivity index (χ0) is 19.3. The van der Waals surface area contributed by atoms with E-state index in [2.05, 4.69) is 28.2 Å². The standard InChI is InChI=1S/C21H20Cl2N4O/c1-27-14-3-5-18(27)19(15(11-14)13-2-4-16(22)17(23)10-13)21-25-20(26-28-21)12-6-8-24-9-7-12/h2,4,6-10,14-15,18-19H,3,5,11H2,1H3/t14-,15+,18+,19-/m1/s1. The second kappa shape index (κ2) is 7.14. The van der Waals surface area contributed by atoms with Crippen molar-refractivity contribution in [1.82, 2.24) is 20.0 Å². The number of hydrogen-bond acceptors (Lipinski definition) is 5. The third-order valence-corrected chi connectivity index (χ3v) is 7.05. The van der Waals surface area contributed by atoms with Crippen molar-refractivity contribution in [3.05, 3.63) is 64.2 Å². The molecule has 5 rings (SSSR count). The average Bonchev–Trinajstić information content (AvgIpc) is 3.28. The summed E-state index contributed by atoms with van der Waals surface area (Å²) in [7, 11) is 2.21. The van der Waals surface area contributed by atoms with Gasteiger partial charge in [0.25, 0.3) is 0 Å². The Bertz CT molecular complexity index is 993. The lowest BCUT2D eigenvalue weighted by atomic mass is 9.76. The highest BCUT2D eigenvalue weighted by Crippen LogP contribution is 2.51. The van der Waals surface area contributed by atoms with Crippen molar-refractivity contribution in [3.8, 4) is 11.4 Å². The van der Waals surface area contributed by atoms with Gasteiger partial charge in [-0.15, -0.1) is 0 Å². The lowest BCUT2D eigenvalue weighted by Crippen LogP contribution is -2.44. The molecule has 0 amide bonds. The minimum Gasteiger partial charge on any atom is -0.339 e. The molecule has 0 spiro atoms. The molecule has 4 atom stereocenters. The van der Waals surface area contributed by atoms with Gasteiger partial charge in [-0.3, -0.25) is 9.88 Å². The fourth-order valence-electron chi connectivity index (χ4n) is 4.88. The maximum atomic E-state index is 6.33. The van der Waals surface area contributed by atoms with E-state index >= 15 is 0 Å². The number of halogens is 2. The summed E-state index contributed by atoms with van der Waals surface area (Å²) in [5.74, 6) is 1.70. The van der Waals surface area contributed by atoms with Gasteiger partial charge in [0, 0.05) is 30.0 Å². The van der Waals surface area contributed by atoms with Crippen LogP contribution in [0.1, 0.15) is 42.6 Å². The van der Waals surface area contributed by atoms with Gasteiger partial charge in [-0.25, -0.2) is 0 Å². The fraction of sp³-hybridized carbons (Fsp3) is 0.381. The van der Waals surface area contributed by atoms with E-state index in [1.165, 1.54) is 12.0 Å². The lowest BCUT2D eigenvalue weighted by molar-refractivity contribution is 0.120. The smallest absolute Gasteiger partial charge is 0.232 e. The molecule has 0 radical (unpaired) electrons. The van der Waals surface area contributed by atoms with Gasteiger partial charge in [0.15, 0.2) is 0 Å². The van der Waals surface area contributed by atoms with Crippen LogP contribution in [-0.2, 0) is 0 Å². The predicted octanol–water partition coefficient (Wildman–Crippen LogP) is 5.17. The average molecular weight is 415 g/mol. The first-order chi connectivity index (χ1) is 13.6. The van der Waals surface area contributed by atoms with Gasteiger partial charge < -0.3 is 4.52 Å². The van der Waals surface area contributed by atoms with Crippen molar-refractivity contribution >= 4 is 23.2 Å². The molecule has 2 fully saturated rings. The Morgan fingerprint density at radius 2 is 1.89 bits per heavy atom. The Balaban J connectivity index is 1.55. The molecule has 0 saturated carbocycles. The first kappa shape index (κ1) is 18.1. The number of piperidine rings is 1. The monoisotopic (exact) mass is 414 g/mol. The van der Waals surface area contributed by atoms with Gasteiger partial charge in [-0.1, -0.05) is 34.4 Å². The van der Waals surface area contributed by atoms with E-state index < -0.39 is 0 Å². The maximum absolute atomic E-state index is 6.33. The van der Waals surface area contributed by atoms with E-state index in [-0.39, 0.29) is 11.8 Å². The minimum atomic E-state index is 0.129. The molecule has 0 aliphatic carbocycles. The summed E-state index contributed by atoms with van der Waals surface area (Å²) in [5.41, 5.74) is 2.10. The highest BCUT2D eigenvalue weighted by molar-refractivity contribution is 6.42. The molecule has 5 nitrogen and oxygen atoms in total. The molecule has 0 N–H and O–H groups in total. The number of benzene rings is 1. The predicted molar refractivity (Wildman–Crippen MR) is 109 cm³/mol. The zero-order valence-corrected chi connectivity index (χ0v) is 16.9. The number of fused-ring (bicyclic) bond motifs is 2. The van der Waals surface area contributed by atoms with Crippen LogP contribution in [0.5, 0.6) is 0 Å². The SMILES string of the molecule is CN1[C@@H]2CC[C@H]1[C@H](c1nc(-c3ccncc3)no1)[C@H](c1ccc(Cl)c(Cl)c1)C2. The molecule has 7 heteroatoms. The lowest BCUT2D eigenvalue weighted by Gasteiger charge is -2.41. The largest absolute Gasteiger partial charge is 0.339 e. The molecule has 2 bridgehead atoms. The molecule has 1 aromatic carbocycles. The van der Waals surface area contributed by atoms with Crippen LogP contribution in [0.25, 0.3) is 11.4 Å². The van der Waals surface area contributed by atoms with Crippen LogP contribution in [0, 0.1) is 0 Å². The molecule has 4 heterocycles. The summed E-state index contributed by atoms with van der Waals surface area (Å²) in [5, 5.41) is 5.42. The van der Waals surface area contributed by atoms with Gasteiger partial charge in [-0.2, -0.15) is 4.98 Å². The first-order valence-corrected chi connectivity index (χ1v) is 10.3. The van der Waals surface area contributed by atoms with E-state index in [1.54, 1.807) is 12.4 Å². The Hall–Kier alpha value is -1.95. The van der Waals surface area contributed by atoms with Gasteiger partial charge in [-0.05, 0) is 62.1 Å². The third kappa shape index (κ3) is 3.02. The van der Waals surface area contributed by atoms with Crippen molar-refractivity contribution in [2.24, 2.45) is 0 Å². The van der Waals surface area contributed by atoms with Crippen LogP contribution in [0.2, 0.25) is 10.0 Å². The number of nitrogens with zero attached hydrogens (tertiary/aromatic N) is 4. The number of likely N-dealkylation sites (N-methyl/N-ethyl adjacent to an activating group) is 1. The van der Waals surface area contributed by atoms with E-state index in [0.717, 1.165) is 18.4 Å². The van der Waals surface area contributed by atoms with Gasteiger partial charge >= 0.3 is 0 Å². The topological polar surface area (TPSA) is 55.1 Å². The molecular weight excluding hydrogens is 395 g/mol. The Morgan fingerprint density at radius 3 is 2.68 bits per heavy atom. The first-order valence-electron chi connectivity index (χ1n) is 9.52. The fourth-order valence-corrected chi connectivity index (χ4v) is 5.18. The molecule has 3 aromatic rings. The summed E-state index contributed by atoms with van der Waals surface area (Å²) in [6.07, 6.45) is 6.85. The van der Waals surface area contributed by atoms with Crippen molar-refractivity contribution in [1.29, 1.82) is 0 Å². The molecule has 2 aliphatic rings. The third-order valence-electron chi connectivity index (χ3n) is 6.31. The van der Waals surface area contributed by atoms with Crippen molar-refractivity contribution in [3.63, 3.8) is 0 Å². The quantitative estimate of drug-likeness (QED) is 0.591. The second-order valence-electron chi connectivity index (χ2n) is 7.70. The zero-order valence-electron chi connectivity index (χ0n) is 15.4. The van der Waals surface area contributed by atoms with E-state index in [4.69, 9.17) is 32.7 Å². The molecule has 144 valence electrons. The Labute approximate surface area is 173 Å². The maximum Gasteiger partial charge on any atom is 0.232 e. The van der Waals surface area contributed by atoms with Gasteiger partial charge in [0.2, 0.25) is 11.7 Å². The number of aromatic nitrogens is 3. The number of rotatable bonds is 3. The van der Waals surface area contributed by atoms with Gasteiger partial charge in [0.05, 0.1) is 16.0 Å². The summed E-state index contributed by atoms with van der Waals surface area (Å²) in [6, 6.07) is 10.7.